The predicted octanol–water partition coefficient (Wildman–Crippen LogP) is -4.91. The molecule has 30 rings (SSSR count). The number of rotatable bonds is 25. The topological polar surface area (TPSA) is 691 Å². The largest absolute Gasteiger partial charge is 0.508 e. The number of Topliss-reactive ketones (excluding diaryl/α,β-unsaturated/α-hetero) is 1. The fraction of sp³-hybridized carbons (Fsp3) is 0.787. The normalized spacial score (nSPS) is 41.4. The van der Waals surface area contributed by atoms with Gasteiger partial charge in [0.25, 0.3) is 0 Å². The van der Waals surface area contributed by atoms with E-state index < -0.39 is 288 Å². The molecule has 2 saturated carbocycles. The molecule has 0 radical (unpaired) electrons. The number of ketones is 1. The first-order valence-corrected chi connectivity index (χ1v) is 48.7. The Balaban J connectivity index is 0.553. The van der Waals surface area contributed by atoms with Crippen LogP contribution in [0.4, 0.5) is 5.69 Å². The van der Waals surface area contributed by atoms with Crippen LogP contribution < -0.4 is 27.0 Å². The van der Waals surface area contributed by atoms with Gasteiger partial charge in [-0.1, -0.05) is 85.1 Å². The Labute approximate surface area is 802 Å². The molecule has 24 N–H and O–H groups in total. The van der Waals surface area contributed by atoms with Gasteiger partial charge in [-0.25, -0.2) is 4.68 Å². The second-order valence-electron chi connectivity index (χ2n) is 41.1. The number of benzene rings is 2. The first kappa shape index (κ1) is 107. The monoisotopic (exact) mass is 1970 g/mol. The predicted molar refractivity (Wildman–Crippen MR) is 474 cm³/mol. The second kappa shape index (κ2) is 44.3. The smallest absolute Gasteiger partial charge is 0.246 e. The lowest BCUT2D eigenvalue weighted by Gasteiger charge is -2.56. The van der Waals surface area contributed by atoms with E-state index in [-0.39, 0.29) is 78.0 Å². The third kappa shape index (κ3) is 21.4. The van der Waals surface area contributed by atoms with E-state index in [2.05, 4.69) is 45.4 Å². The van der Waals surface area contributed by atoms with Gasteiger partial charge in [-0.05, 0) is 165 Å². The van der Waals surface area contributed by atoms with Crippen LogP contribution in [0.15, 0.2) is 36.4 Å². The molecule has 23 heterocycles. The number of carbonyl (C=O) groups is 6. The SMILES string of the molecule is CC(C)[C@H](NC(=O)[C@H](N)CCCCNC(=O)COC1CCCCc2c1nnn2CC1OC2OC3C(CO)OC(OC4C(CO)OC(OC5C(CO)OC(OC6C(CO)OC(OC7C(CO)OC(OC1C(O)C2O)C(O)C7O)C(O)C6O)C(O)C5O)C(O)C4O)C(O)C3O)C(=O)C[C@@H](C)C(=O)Nc1ccc2c(c1)[C@@]1(C)CCC[C@](C)(C(=O)NC(=O)[C@@]3(C)CCC[C@]4(C)c5cc(O)ccc5CC[C@@H]34)[C@@H]1CC2. The molecule has 22 aliphatic heterocycles. The van der Waals surface area contributed by atoms with Crippen LogP contribution in [-0.4, -0.2) is 385 Å². The number of nitrogens with one attached hydrogen (secondary N) is 4. The van der Waals surface area contributed by atoms with E-state index in [1.165, 1.54) is 10.2 Å². The molecule has 40 atom stereocenters. The van der Waals surface area contributed by atoms with Gasteiger partial charge in [-0.2, -0.15) is 0 Å². The molecule has 5 amide bonds. The van der Waals surface area contributed by atoms with Crippen LogP contribution in [0.25, 0.3) is 0 Å². The summed E-state index contributed by atoms with van der Waals surface area (Å²) >= 11 is 0. The molecule has 139 heavy (non-hydrogen) atoms. The van der Waals surface area contributed by atoms with E-state index in [4.69, 9.17) is 67.3 Å². The number of aromatic hydroxyl groups is 1. The molecule has 3 aromatic rings. The highest BCUT2D eigenvalue weighted by Crippen LogP contribution is 2.61. The van der Waals surface area contributed by atoms with Crippen LogP contribution in [0.2, 0.25) is 0 Å². The van der Waals surface area contributed by atoms with Crippen LogP contribution in [-0.2, 0) is 127 Å². The van der Waals surface area contributed by atoms with Gasteiger partial charge in [-0.3, -0.25) is 34.1 Å². The minimum Gasteiger partial charge on any atom is -0.508 e. The van der Waals surface area contributed by atoms with Crippen LogP contribution in [0.3, 0.4) is 0 Å². The number of amides is 5. The fourth-order valence-electron chi connectivity index (χ4n) is 23.7. The van der Waals surface area contributed by atoms with E-state index in [1.54, 1.807) is 26.8 Å². The zero-order chi connectivity index (χ0) is 100. The molecule has 0 spiro atoms. The van der Waals surface area contributed by atoms with Gasteiger partial charge >= 0.3 is 0 Å². The average Bonchev–Trinajstić information content (AvgIpc) is 0.880. The summed E-state index contributed by atoms with van der Waals surface area (Å²) in [4.78, 5) is 85.2. The van der Waals surface area contributed by atoms with Crippen molar-refractivity contribution in [1.82, 2.24) is 30.9 Å². The van der Waals surface area contributed by atoms with Gasteiger partial charge in [0, 0.05) is 24.6 Å². The van der Waals surface area contributed by atoms with Crippen LogP contribution in [0.1, 0.15) is 185 Å². The molecular formula is C94H140N8O37. The van der Waals surface area contributed by atoms with Gasteiger partial charge in [0.2, 0.25) is 29.5 Å². The van der Waals surface area contributed by atoms with Crippen LogP contribution in [0.5, 0.6) is 5.75 Å². The van der Waals surface area contributed by atoms with Crippen molar-refractivity contribution >= 4 is 41.0 Å². The summed E-state index contributed by atoms with van der Waals surface area (Å²) in [5.41, 5.74) is 9.57. The molecular weight excluding hydrogens is 1830 g/mol. The number of ether oxygens (including phenoxy) is 13. The van der Waals surface area contributed by atoms with Crippen molar-refractivity contribution in [2.24, 2.45) is 40.2 Å². The Kier molecular flexibility index (Phi) is 34.0. The van der Waals surface area contributed by atoms with Gasteiger partial charge in [0.05, 0.1) is 68.2 Å². The number of unbranched alkanes of at least 4 members (excludes halogenated alkanes) is 1. The van der Waals surface area contributed by atoms with Crippen LogP contribution >= 0.6 is 0 Å². The third-order valence-corrected chi connectivity index (χ3v) is 31.7. The lowest BCUT2D eigenvalue weighted by Crippen LogP contribution is -2.69. The van der Waals surface area contributed by atoms with Gasteiger partial charge in [0.15, 0.2) is 43.5 Å². The molecule has 778 valence electrons. The highest BCUT2D eigenvalue weighted by atomic mass is 16.8. The van der Waals surface area contributed by atoms with E-state index >= 15 is 0 Å². The lowest BCUT2D eigenvalue weighted by molar-refractivity contribution is -0.403. The van der Waals surface area contributed by atoms with Crippen LogP contribution in [0, 0.1) is 34.5 Å². The molecule has 24 fully saturated rings. The highest BCUT2D eigenvalue weighted by molar-refractivity contribution is 6.01. The van der Waals surface area contributed by atoms with Crippen molar-refractivity contribution in [2.45, 2.75) is 384 Å². The summed E-state index contributed by atoms with van der Waals surface area (Å²) in [6.07, 6.45) is -51.9. The zero-order valence-corrected chi connectivity index (χ0v) is 78.9. The summed E-state index contributed by atoms with van der Waals surface area (Å²) in [5, 5.41) is 225. The maximum Gasteiger partial charge on any atom is 0.246 e. The molecule has 12 bridgehead atoms. The maximum atomic E-state index is 14.9. The number of carbonyl (C=O) groups excluding carboxylic acids is 6. The summed E-state index contributed by atoms with van der Waals surface area (Å²) < 4.78 is 78.9. The Morgan fingerprint density at radius 2 is 0.899 bits per heavy atom. The van der Waals surface area contributed by atoms with Crippen molar-refractivity contribution in [3.63, 3.8) is 0 Å². The number of phenols is 1. The molecule has 1 aromatic heterocycles. The maximum absolute atomic E-state index is 14.9. The van der Waals surface area contributed by atoms with Crippen molar-refractivity contribution in [1.29, 1.82) is 0 Å². The Morgan fingerprint density at radius 3 is 1.32 bits per heavy atom. The number of hydrogen-bond acceptors (Lipinski definition) is 40. The molecule has 22 saturated heterocycles. The molecule has 27 aliphatic rings. The van der Waals surface area contributed by atoms with E-state index in [0.717, 1.165) is 61.6 Å². The summed E-state index contributed by atoms with van der Waals surface area (Å²) in [5.74, 6) is -3.55. The Hall–Kier alpha value is -6.64. The Bertz CT molecular complexity index is 4730. The minimum atomic E-state index is -2.26. The number of nitrogens with two attached hydrogens (primary N) is 1. The number of anilines is 1. The highest BCUT2D eigenvalue weighted by Gasteiger charge is 2.63. The molecule has 45 nitrogen and oxygen atoms in total. The summed E-state index contributed by atoms with van der Waals surface area (Å²) in [7, 11) is 0. The van der Waals surface area contributed by atoms with E-state index in [0.29, 0.717) is 62.7 Å². The number of aliphatic hydroxyl groups excluding tert-OH is 17. The number of hydrogen-bond donors (Lipinski definition) is 23. The Morgan fingerprint density at radius 1 is 0.489 bits per heavy atom. The number of aryl methyl sites for hydroxylation is 2. The number of fused-ring (bicyclic) bond motifs is 7. The van der Waals surface area contributed by atoms with Gasteiger partial charge in [0.1, 0.15) is 171 Å². The van der Waals surface area contributed by atoms with Gasteiger partial charge < -0.3 is 175 Å². The second-order valence-corrected chi connectivity index (χ2v) is 41.1. The number of nitrogens with zero attached hydrogens (tertiary/aromatic N) is 3. The third-order valence-electron chi connectivity index (χ3n) is 31.7. The first-order chi connectivity index (χ1) is 66.1. The summed E-state index contributed by atoms with van der Waals surface area (Å²) in [6, 6.07) is 9.37. The van der Waals surface area contributed by atoms with Crippen molar-refractivity contribution in [3.8, 4) is 5.75 Å². The zero-order valence-electron chi connectivity index (χ0n) is 78.9. The summed E-state index contributed by atoms with van der Waals surface area (Å²) in [6.45, 7) is 7.48. The quantitative estimate of drug-likeness (QED) is 0.0215. The number of aliphatic hydroxyl groups is 17. The number of phenolic OH excluding ortho intramolecular Hbond substituents is 1. The molecule has 2 aromatic carbocycles. The molecule has 45 heteroatoms. The molecule has 5 aliphatic carbocycles. The standard InChI is InChI=1S/C94H140N8O37/c1-40(2)61(50(109)30-41(3)81(123)97-44-21-17-42-19-23-58-91(4,46(42)31-44)25-12-27-93(58,6)89(125)99-90(126)94(7)28-13-26-92(5)47-32-45(108)22-18-43(47)20-24-59(92)94)98-82(124)48(95)14-10-11-29-96-60(110)39-127-51-16-9-8-15-49-62(51)100-101-102(49)33-52-75-63(111)69(117)83(128-52)135-76-53(34-103)130-85(71(119)65(76)113)137-78-55(36-105)132-87(73(121)67(78)115)139-80-57(38-107)133-88(74(122)68(80)116)138-79-56(37-106)131-86(72(120)66(79)114)136-77-54(35-104)129-84(134-75)70(118)64(77)112/h17-18,21-22,31-32,40-41,48,51-59,61,63-80,83-88,103-108,111-122H,8-16,19-20,23-30,33-39,95H2,1-7H3,(H,96,110)(H,97,123)(H,98,124)(H,99,125,126)/t41-,48-,51?,52?,53?,54?,55?,56?,57?,58-,59-,61+,63?,64?,65?,66?,67?,68?,69?,70?,71?,72?,73?,74?,75?,76?,77?,78?,79?,80?,83?,84?,85?,86?,87?,88?,91-,92-,93+,94+/m1/s1. The fourth-order valence-corrected chi connectivity index (χ4v) is 23.7. The first-order valence-electron chi connectivity index (χ1n) is 48.7. The molecule has 31 unspecified atom stereocenters. The number of aromatic nitrogens is 3. The lowest BCUT2D eigenvalue weighted by atomic mass is 9.49. The average molecular weight is 1970 g/mol. The number of imide groups is 1. The van der Waals surface area contributed by atoms with E-state index in [1.807, 2.05) is 44.2 Å². The van der Waals surface area contributed by atoms with Crippen molar-refractivity contribution < 1.29 is 182 Å². The van der Waals surface area contributed by atoms with E-state index in [9.17, 15) is 121 Å². The minimum absolute atomic E-state index is 0.0325. The van der Waals surface area contributed by atoms with Crippen molar-refractivity contribution in [3.05, 3.63) is 70.0 Å². The van der Waals surface area contributed by atoms with Crippen molar-refractivity contribution in [2.75, 3.05) is 51.5 Å². The van der Waals surface area contributed by atoms with Gasteiger partial charge in [-0.15, -0.1) is 5.10 Å².